The van der Waals surface area contributed by atoms with E-state index in [0.29, 0.717) is 17.7 Å². The summed E-state index contributed by atoms with van der Waals surface area (Å²) in [4.78, 5) is 25.4. The molecule has 0 bridgehead atoms. The summed E-state index contributed by atoms with van der Waals surface area (Å²) in [6, 6.07) is 7.29. The molecule has 1 heterocycles. The zero-order valence-corrected chi connectivity index (χ0v) is 14.3. The molecular formula is C16H18BrN3O3. The molecule has 2 N–H and O–H groups in total. The standard InChI is InChI=1S/C16H18BrN3O3/c1-19-15(22)5-12-8-20(9-14(12)21)16(23)6-10-2-3-13(17)4-11(10)7-18/h2-4,12,14,21H,5-6,8-9H2,1H3,(H,19,22)/t12-,14-/m1/s1. The number of nitriles is 1. The minimum Gasteiger partial charge on any atom is -0.391 e. The topological polar surface area (TPSA) is 93.4 Å². The fourth-order valence-corrected chi connectivity index (χ4v) is 3.04. The van der Waals surface area contributed by atoms with Crippen LogP contribution in [0.25, 0.3) is 0 Å². The van der Waals surface area contributed by atoms with E-state index in [0.717, 1.165) is 4.47 Å². The van der Waals surface area contributed by atoms with Gasteiger partial charge in [-0.3, -0.25) is 9.59 Å². The summed E-state index contributed by atoms with van der Waals surface area (Å²) >= 11 is 3.30. The first-order chi connectivity index (χ1) is 10.9. The molecule has 1 aromatic rings. The number of β-amino-alcohol motifs (C(OH)–C–C–N with tert-alkyl or cyclic N) is 1. The summed E-state index contributed by atoms with van der Waals surface area (Å²) in [5, 5.41) is 21.7. The molecular weight excluding hydrogens is 362 g/mol. The molecule has 2 rings (SSSR count). The van der Waals surface area contributed by atoms with Gasteiger partial charge in [-0.25, -0.2) is 0 Å². The molecule has 0 aliphatic carbocycles. The van der Waals surface area contributed by atoms with Crippen LogP contribution in [0.4, 0.5) is 0 Å². The van der Waals surface area contributed by atoms with Gasteiger partial charge in [0.2, 0.25) is 11.8 Å². The number of nitrogens with one attached hydrogen (secondary N) is 1. The van der Waals surface area contributed by atoms with Crippen molar-refractivity contribution < 1.29 is 14.7 Å². The Morgan fingerprint density at radius 2 is 2.22 bits per heavy atom. The van der Waals surface area contributed by atoms with Crippen molar-refractivity contribution in [1.82, 2.24) is 10.2 Å². The summed E-state index contributed by atoms with van der Waals surface area (Å²) < 4.78 is 0.785. The van der Waals surface area contributed by atoms with Crippen LogP contribution in [0.2, 0.25) is 0 Å². The molecule has 0 unspecified atom stereocenters. The van der Waals surface area contributed by atoms with Crippen molar-refractivity contribution in [3.05, 3.63) is 33.8 Å². The minimum absolute atomic E-state index is 0.107. The van der Waals surface area contributed by atoms with Crippen LogP contribution in [0.1, 0.15) is 17.5 Å². The van der Waals surface area contributed by atoms with E-state index in [9.17, 15) is 14.7 Å². The van der Waals surface area contributed by atoms with E-state index in [-0.39, 0.29) is 37.1 Å². The highest BCUT2D eigenvalue weighted by atomic mass is 79.9. The highest BCUT2D eigenvalue weighted by Gasteiger charge is 2.35. The van der Waals surface area contributed by atoms with Crippen molar-refractivity contribution >= 4 is 27.7 Å². The largest absolute Gasteiger partial charge is 0.391 e. The molecule has 23 heavy (non-hydrogen) atoms. The summed E-state index contributed by atoms with van der Waals surface area (Å²) in [5.74, 6) is -0.551. The molecule has 0 radical (unpaired) electrons. The van der Waals surface area contributed by atoms with Crippen molar-refractivity contribution in [2.45, 2.75) is 18.9 Å². The van der Waals surface area contributed by atoms with Crippen LogP contribution in [0.15, 0.2) is 22.7 Å². The third-order valence-corrected chi connectivity index (χ3v) is 4.51. The first-order valence-corrected chi connectivity index (χ1v) is 8.08. The smallest absolute Gasteiger partial charge is 0.227 e. The Kier molecular flexibility index (Phi) is 5.74. The number of hydrogen-bond donors (Lipinski definition) is 2. The Morgan fingerprint density at radius 3 is 2.87 bits per heavy atom. The highest BCUT2D eigenvalue weighted by molar-refractivity contribution is 9.10. The average molecular weight is 380 g/mol. The predicted molar refractivity (Wildman–Crippen MR) is 87.3 cm³/mol. The lowest BCUT2D eigenvalue weighted by Crippen LogP contribution is -2.31. The number of likely N-dealkylation sites (tertiary alicyclic amines) is 1. The number of carbonyl (C=O) groups excluding carboxylic acids is 2. The molecule has 7 heteroatoms. The van der Waals surface area contributed by atoms with Crippen molar-refractivity contribution in [2.24, 2.45) is 5.92 Å². The van der Waals surface area contributed by atoms with Crippen LogP contribution in [-0.2, 0) is 16.0 Å². The molecule has 0 saturated carbocycles. The van der Waals surface area contributed by atoms with E-state index >= 15 is 0 Å². The van der Waals surface area contributed by atoms with Gasteiger partial charge < -0.3 is 15.3 Å². The molecule has 2 atom stereocenters. The number of halogens is 1. The Hall–Kier alpha value is -1.91. The van der Waals surface area contributed by atoms with E-state index in [1.807, 2.05) is 0 Å². The fourth-order valence-electron chi connectivity index (χ4n) is 2.68. The van der Waals surface area contributed by atoms with E-state index in [4.69, 9.17) is 5.26 Å². The molecule has 1 fully saturated rings. The molecule has 1 aromatic carbocycles. The Labute approximate surface area is 143 Å². The lowest BCUT2D eigenvalue weighted by molar-refractivity contribution is -0.130. The molecule has 0 aromatic heterocycles. The molecule has 0 spiro atoms. The number of aliphatic hydroxyl groups excluding tert-OH is 1. The molecule has 122 valence electrons. The van der Waals surface area contributed by atoms with Crippen LogP contribution in [0.3, 0.4) is 0 Å². The van der Waals surface area contributed by atoms with Gasteiger partial charge in [0.05, 0.1) is 24.2 Å². The van der Waals surface area contributed by atoms with Crippen LogP contribution in [0.5, 0.6) is 0 Å². The maximum atomic E-state index is 12.4. The summed E-state index contributed by atoms with van der Waals surface area (Å²) in [6.07, 6.45) is -0.393. The van der Waals surface area contributed by atoms with Gasteiger partial charge in [-0.1, -0.05) is 22.0 Å². The van der Waals surface area contributed by atoms with Crippen molar-refractivity contribution in [3.63, 3.8) is 0 Å². The monoisotopic (exact) mass is 379 g/mol. The highest BCUT2D eigenvalue weighted by Crippen LogP contribution is 2.22. The van der Waals surface area contributed by atoms with Crippen LogP contribution >= 0.6 is 15.9 Å². The number of hydrogen-bond acceptors (Lipinski definition) is 4. The molecule has 6 nitrogen and oxygen atoms in total. The number of rotatable bonds is 4. The van der Waals surface area contributed by atoms with Gasteiger partial charge in [0.1, 0.15) is 0 Å². The summed E-state index contributed by atoms with van der Waals surface area (Å²) in [5.41, 5.74) is 1.11. The van der Waals surface area contributed by atoms with Gasteiger partial charge in [0, 0.05) is 36.9 Å². The second-order valence-electron chi connectivity index (χ2n) is 5.59. The number of nitrogens with zero attached hydrogens (tertiary/aromatic N) is 2. The molecule has 1 aliphatic rings. The molecule has 1 saturated heterocycles. The quantitative estimate of drug-likeness (QED) is 0.809. The van der Waals surface area contributed by atoms with Gasteiger partial charge in [-0.05, 0) is 17.7 Å². The second kappa shape index (κ2) is 7.57. The van der Waals surface area contributed by atoms with E-state index < -0.39 is 6.10 Å². The van der Waals surface area contributed by atoms with Gasteiger partial charge in [-0.15, -0.1) is 0 Å². The number of carbonyl (C=O) groups is 2. The maximum Gasteiger partial charge on any atom is 0.227 e. The van der Waals surface area contributed by atoms with Gasteiger partial charge >= 0.3 is 0 Å². The lowest BCUT2D eigenvalue weighted by atomic mass is 10.0. The van der Waals surface area contributed by atoms with Gasteiger partial charge in [0.15, 0.2) is 0 Å². The zero-order valence-electron chi connectivity index (χ0n) is 12.8. The maximum absolute atomic E-state index is 12.4. The first-order valence-electron chi connectivity index (χ1n) is 7.29. The first kappa shape index (κ1) is 17.4. The normalized spacial score (nSPS) is 20.2. The van der Waals surface area contributed by atoms with Crippen molar-refractivity contribution in [3.8, 4) is 6.07 Å². The Bertz CT molecular complexity index is 656. The van der Waals surface area contributed by atoms with Crippen molar-refractivity contribution in [1.29, 1.82) is 5.26 Å². The van der Waals surface area contributed by atoms with E-state index in [1.54, 1.807) is 30.1 Å². The number of amides is 2. The molecule has 2 amide bonds. The van der Waals surface area contributed by atoms with E-state index in [1.165, 1.54) is 0 Å². The minimum atomic E-state index is -0.698. The van der Waals surface area contributed by atoms with Crippen molar-refractivity contribution in [2.75, 3.05) is 20.1 Å². The Balaban J connectivity index is 2.02. The summed E-state index contributed by atoms with van der Waals surface area (Å²) in [6.45, 7) is 0.574. The molecule has 1 aliphatic heterocycles. The predicted octanol–water partition coefficient (Wildman–Crippen LogP) is 0.819. The summed E-state index contributed by atoms with van der Waals surface area (Å²) in [7, 11) is 1.55. The number of benzene rings is 1. The lowest BCUT2D eigenvalue weighted by Gasteiger charge is -2.16. The SMILES string of the molecule is CNC(=O)C[C@@H]1CN(C(=O)Cc2ccc(Br)cc2C#N)C[C@H]1O. The second-order valence-corrected chi connectivity index (χ2v) is 6.51. The zero-order chi connectivity index (χ0) is 17.0. The average Bonchev–Trinajstić information content (AvgIpc) is 2.89. The third-order valence-electron chi connectivity index (χ3n) is 4.02. The third kappa shape index (κ3) is 4.30. The van der Waals surface area contributed by atoms with Crippen LogP contribution in [0, 0.1) is 17.2 Å². The van der Waals surface area contributed by atoms with E-state index in [2.05, 4.69) is 27.3 Å². The van der Waals surface area contributed by atoms with Gasteiger partial charge in [0.25, 0.3) is 0 Å². The van der Waals surface area contributed by atoms with Gasteiger partial charge in [-0.2, -0.15) is 5.26 Å². The van der Waals surface area contributed by atoms with Crippen LogP contribution in [-0.4, -0.2) is 48.1 Å². The Morgan fingerprint density at radius 1 is 1.48 bits per heavy atom. The fraction of sp³-hybridized carbons (Fsp3) is 0.438. The van der Waals surface area contributed by atoms with Crippen LogP contribution < -0.4 is 5.32 Å². The number of aliphatic hydroxyl groups is 1.